The summed E-state index contributed by atoms with van der Waals surface area (Å²) in [6.07, 6.45) is 7.35. The summed E-state index contributed by atoms with van der Waals surface area (Å²) in [5, 5.41) is 7.91. The molecule has 0 bridgehead atoms. The molecule has 0 saturated heterocycles. The van der Waals surface area contributed by atoms with Crippen molar-refractivity contribution in [2.45, 2.75) is 39.2 Å². The highest BCUT2D eigenvalue weighted by Crippen LogP contribution is 2.24. The van der Waals surface area contributed by atoms with Crippen LogP contribution in [0, 0.1) is 6.92 Å². The Morgan fingerprint density at radius 3 is 2.81 bits per heavy atom. The quantitative estimate of drug-likeness (QED) is 0.812. The molecule has 0 aliphatic carbocycles. The second-order valence-corrected chi connectivity index (χ2v) is 6.43. The van der Waals surface area contributed by atoms with Crippen molar-refractivity contribution < 1.29 is 0 Å². The molecule has 4 heteroatoms. The summed E-state index contributed by atoms with van der Waals surface area (Å²) in [6.45, 7) is 5.40. The molecule has 1 aromatic heterocycles. The van der Waals surface area contributed by atoms with Gasteiger partial charge in [-0.3, -0.25) is 4.68 Å². The highest BCUT2D eigenvalue weighted by Gasteiger charge is 2.12. The van der Waals surface area contributed by atoms with Gasteiger partial charge in [-0.25, -0.2) is 0 Å². The van der Waals surface area contributed by atoms with E-state index in [4.69, 9.17) is 0 Å². The number of aromatic nitrogens is 2. The van der Waals surface area contributed by atoms with E-state index in [0.717, 1.165) is 25.8 Å². The Morgan fingerprint density at radius 2 is 2.19 bits per heavy atom. The number of aryl methyl sites for hydroxylation is 3. The predicted molar refractivity (Wildman–Crippen MR) is 91.4 cm³/mol. The summed E-state index contributed by atoms with van der Waals surface area (Å²) in [5.74, 6) is 0. The number of hydrogen-bond donors (Lipinski definition) is 1. The monoisotopic (exact) mass is 349 g/mol. The Hall–Kier alpha value is -1.13. The molecule has 21 heavy (non-hydrogen) atoms. The van der Waals surface area contributed by atoms with Crippen LogP contribution in [0.3, 0.4) is 0 Å². The SMILES string of the molecule is CCCNC(CCc1cnn(C)c1)c1ccc(Br)c(C)c1. The fourth-order valence-corrected chi connectivity index (χ4v) is 2.75. The van der Waals surface area contributed by atoms with Crippen LogP contribution in [0.15, 0.2) is 35.1 Å². The Balaban J connectivity index is 2.07. The molecule has 2 rings (SSSR count). The zero-order valence-corrected chi connectivity index (χ0v) is 14.7. The number of rotatable bonds is 7. The number of benzene rings is 1. The zero-order chi connectivity index (χ0) is 15.2. The van der Waals surface area contributed by atoms with Gasteiger partial charge >= 0.3 is 0 Å². The van der Waals surface area contributed by atoms with Crippen molar-refractivity contribution in [3.05, 3.63) is 51.8 Å². The van der Waals surface area contributed by atoms with Gasteiger partial charge in [-0.15, -0.1) is 0 Å². The average molecular weight is 350 g/mol. The van der Waals surface area contributed by atoms with E-state index in [0.29, 0.717) is 6.04 Å². The Kier molecular flexibility index (Phi) is 6.00. The minimum atomic E-state index is 0.400. The molecule has 0 saturated carbocycles. The second-order valence-electron chi connectivity index (χ2n) is 5.58. The Morgan fingerprint density at radius 1 is 1.38 bits per heavy atom. The maximum Gasteiger partial charge on any atom is 0.0521 e. The topological polar surface area (TPSA) is 29.9 Å². The van der Waals surface area contributed by atoms with Crippen molar-refractivity contribution in [2.75, 3.05) is 6.54 Å². The van der Waals surface area contributed by atoms with Crippen molar-refractivity contribution in [1.29, 1.82) is 0 Å². The normalized spacial score (nSPS) is 12.6. The third kappa shape index (κ3) is 4.68. The van der Waals surface area contributed by atoms with Crippen molar-refractivity contribution in [2.24, 2.45) is 7.05 Å². The minimum Gasteiger partial charge on any atom is -0.310 e. The molecule has 1 heterocycles. The first-order valence-electron chi connectivity index (χ1n) is 7.57. The first-order valence-corrected chi connectivity index (χ1v) is 8.36. The van der Waals surface area contributed by atoms with E-state index in [-0.39, 0.29) is 0 Å². The lowest BCUT2D eigenvalue weighted by atomic mass is 9.98. The molecule has 1 aromatic carbocycles. The lowest BCUT2D eigenvalue weighted by molar-refractivity contribution is 0.499. The summed E-state index contributed by atoms with van der Waals surface area (Å²) < 4.78 is 3.04. The lowest BCUT2D eigenvalue weighted by Gasteiger charge is -2.19. The third-order valence-electron chi connectivity index (χ3n) is 3.71. The van der Waals surface area contributed by atoms with Gasteiger partial charge in [0.05, 0.1) is 6.20 Å². The van der Waals surface area contributed by atoms with E-state index in [1.165, 1.54) is 21.2 Å². The van der Waals surface area contributed by atoms with Crippen LogP contribution >= 0.6 is 15.9 Å². The number of nitrogens with one attached hydrogen (secondary N) is 1. The second kappa shape index (κ2) is 7.76. The maximum absolute atomic E-state index is 4.25. The van der Waals surface area contributed by atoms with Crippen LogP contribution in [-0.2, 0) is 13.5 Å². The molecule has 1 atom stereocenters. The van der Waals surface area contributed by atoms with Gasteiger partial charge in [0.15, 0.2) is 0 Å². The molecular formula is C17H24BrN3. The van der Waals surface area contributed by atoms with Crippen molar-refractivity contribution in [3.63, 3.8) is 0 Å². The molecule has 1 N–H and O–H groups in total. The average Bonchev–Trinajstić information content (AvgIpc) is 2.88. The number of hydrogen-bond acceptors (Lipinski definition) is 2. The van der Waals surface area contributed by atoms with Crippen LogP contribution in [0.4, 0.5) is 0 Å². The summed E-state index contributed by atoms with van der Waals surface area (Å²) in [6, 6.07) is 7.04. The van der Waals surface area contributed by atoms with Crippen LogP contribution in [-0.4, -0.2) is 16.3 Å². The first-order chi connectivity index (χ1) is 10.1. The highest BCUT2D eigenvalue weighted by molar-refractivity contribution is 9.10. The van der Waals surface area contributed by atoms with Crippen LogP contribution in [0.1, 0.15) is 42.5 Å². The van der Waals surface area contributed by atoms with Crippen molar-refractivity contribution >= 4 is 15.9 Å². The molecular weight excluding hydrogens is 326 g/mol. The smallest absolute Gasteiger partial charge is 0.0521 e. The van der Waals surface area contributed by atoms with Gasteiger partial charge in [0.2, 0.25) is 0 Å². The van der Waals surface area contributed by atoms with Gasteiger partial charge in [0.1, 0.15) is 0 Å². The minimum absolute atomic E-state index is 0.400. The third-order valence-corrected chi connectivity index (χ3v) is 4.59. The summed E-state index contributed by atoms with van der Waals surface area (Å²) in [5.41, 5.74) is 3.96. The van der Waals surface area contributed by atoms with E-state index in [9.17, 15) is 0 Å². The van der Waals surface area contributed by atoms with Gasteiger partial charge in [0.25, 0.3) is 0 Å². The van der Waals surface area contributed by atoms with Crippen LogP contribution in [0.5, 0.6) is 0 Å². The molecule has 0 radical (unpaired) electrons. The standard InChI is InChI=1S/C17H24BrN3/c1-4-9-19-17(8-5-14-11-20-21(3)12-14)15-6-7-16(18)13(2)10-15/h6-7,10-12,17,19H,4-5,8-9H2,1-3H3. The molecule has 2 aromatic rings. The van der Waals surface area contributed by atoms with E-state index in [2.05, 4.69) is 64.6 Å². The predicted octanol–water partition coefficient (Wildman–Crippen LogP) is 4.16. The van der Waals surface area contributed by atoms with Gasteiger partial charge in [-0.2, -0.15) is 5.10 Å². The molecule has 0 spiro atoms. The van der Waals surface area contributed by atoms with E-state index in [1.807, 2.05) is 17.9 Å². The van der Waals surface area contributed by atoms with Crippen LogP contribution < -0.4 is 5.32 Å². The lowest BCUT2D eigenvalue weighted by Crippen LogP contribution is -2.22. The Bertz CT molecular complexity index is 577. The zero-order valence-electron chi connectivity index (χ0n) is 13.1. The van der Waals surface area contributed by atoms with E-state index >= 15 is 0 Å². The maximum atomic E-state index is 4.25. The van der Waals surface area contributed by atoms with Crippen molar-refractivity contribution in [3.8, 4) is 0 Å². The largest absolute Gasteiger partial charge is 0.310 e. The number of halogens is 1. The van der Waals surface area contributed by atoms with Crippen LogP contribution in [0.2, 0.25) is 0 Å². The molecule has 1 unspecified atom stereocenters. The van der Waals surface area contributed by atoms with Gasteiger partial charge in [-0.1, -0.05) is 35.0 Å². The van der Waals surface area contributed by atoms with Gasteiger partial charge < -0.3 is 5.32 Å². The molecule has 0 aliphatic rings. The molecule has 0 amide bonds. The van der Waals surface area contributed by atoms with Crippen molar-refractivity contribution in [1.82, 2.24) is 15.1 Å². The number of nitrogens with zero attached hydrogens (tertiary/aromatic N) is 2. The molecule has 0 aliphatic heterocycles. The Labute approximate surface area is 135 Å². The summed E-state index contributed by atoms with van der Waals surface area (Å²) >= 11 is 3.58. The fraction of sp³-hybridized carbons (Fsp3) is 0.471. The van der Waals surface area contributed by atoms with E-state index in [1.54, 1.807) is 0 Å². The molecule has 0 fully saturated rings. The van der Waals surface area contributed by atoms with Gasteiger partial charge in [0, 0.05) is 23.8 Å². The van der Waals surface area contributed by atoms with E-state index < -0.39 is 0 Å². The first kappa shape index (κ1) is 16.2. The molecule has 114 valence electrons. The summed E-state index contributed by atoms with van der Waals surface area (Å²) in [4.78, 5) is 0. The summed E-state index contributed by atoms with van der Waals surface area (Å²) in [7, 11) is 1.97. The van der Waals surface area contributed by atoms with Crippen LogP contribution in [0.25, 0.3) is 0 Å². The fourth-order valence-electron chi connectivity index (χ4n) is 2.50. The highest BCUT2D eigenvalue weighted by atomic mass is 79.9. The van der Waals surface area contributed by atoms with Gasteiger partial charge in [-0.05, 0) is 55.5 Å². The molecule has 3 nitrogen and oxygen atoms in total.